The smallest absolute Gasteiger partial charge is 0.106 e. The number of aliphatic hydroxyl groups is 1. The lowest BCUT2D eigenvalue weighted by Crippen LogP contribution is -2.19. The summed E-state index contributed by atoms with van der Waals surface area (Å²) in [5.74, 6) is 0. The Morgan fingerprint density at radius 2 is 2.31 bits per heavy atom. The van der Waals surface area contributed by atoms with Crippen molar-refractivity contribution in [2.75, 3.05) is 7.11 Å². The largest absolute Gasteiger partial charge is 0.386 e. The van der Waals surface area contributed by atoms with Gasteiger partial charge in [-0.3, -0.25) is 0 Å². The minimum Gasteiger partial charge on any atom is -0.386 e. The van der Waals surface area contributed by atoms with Gasteiger partial charge in [-0.15, -0.1) is 11.3 Å². The Balaban J connectivity index is 2.77. The number of rotatable bonds is 4. The second-order valence-electron chi connectivity index (χ2n) is 3.06. The predicted molar refractivity (Wildman–Crippen MR) is 55.1 cm³/mol. The van der Waals surface area contributed by atoms with Gasteiger partial charge in [0, 0.05) is 12.0 Å². The molecule has 0 amide bonds. The molecule has 2 unspecified atom stereocenters. The predicted octanol–water partition coefficient (Wildman–Crippen LogP) is 2.51. The number of thiophene rings is 1. The topological polar surface area (TPSA) is 29.5 Å². The van der Waals surface area contributed by atoms with E-state index in [1.54, 1.807) is 18.4 Å². The molecule has 0 saturated carbocycles. The molecule has 13 heavy (non-hydrogen) atoms. The fourth-order valence-corrected chi connectivity index (χ4v) is 2.16. The zero-order valence-corrected chi connectivity index (χ0v) is 9.10. The van der Waals surface area contributed by atoms with Crippen LogP contribution in [0, 0.1) is 6.92 Å². The van der Waals surface area contributed by atoms with Crippen LogP contribution in [-0.4, -0.2) is 18.3 Å². The molecule has 0 fully saturated rings. The first-order valence-corrected chi connectivity index (χ1v) is 5.33. The van der Waals surface area contributed by atoms with Gasteiger partial charge in [0.1, 0.15) is 6.10 Å². The van der Waals surface area contributed by atoms with Crippen LogP contribution in [0.3, 0.4) is 0 Å². The SMILES string of the molecule is CCC(OC)C(O)c1ccsc1C. The zero-order valence-electron chi connectivity index (χ0n) is 8.28. The molecule has 3 heteroatoms. The average Bonchev–Trinajstić information content (AvgIpc) is 2.53. The molecule has 0 radical (unpaired) electrons. The van der Waals surface area contributed by atoms with E-state index in [1.165, 1.54) is 4.88 Å². The van der Waals surface area contributed by atoms with Gasteiger partial charge in [-0.05, 0) is 30.4 Å². The number of hydrogen-bond donors (Lipinski definition) is 1. The lowest BCUT2D eigenvalue weighted by Gasteiger charge is -2.19. The van der Waals surface area contributed by atoms with Crippen LogP contribution in [0.1, 0.15) is 29.9 Å². The van der Waals surface area contributed by atoms with Gasteiger partial charge in [0.05, 0.1) is 6.10 Å². The van der Waals surface area contributed by atoms with E-state index >= 15 is 0 Å². The Hall–Kier alpha value is -0.380. The molecule has 0 aliphatic heterocycles. The van der Waals surface area contributed by atoms with Gasteiger partial charge in [0.2, 0.25) is 0 Å². The van der Waals surface area contributed by atoms with Gasteiger partial charge in [0.15, 0.2) is 0 Å². The second-order valence-corrected chi connectivity index (χ2v) is 4.18. The van der Waals surface area contributed by atoms with E-state index in [0.717, 1.165) is 12.0 Å². The molecule has 0 aliphatic rings. The van der Waals surface area contributed by atoms with Crippen molar-refractivity contribution in [2.45, 2.75) is 32.5 Å². The third kappa shape index (κ3) is 2.30. The highest BCUT2D eigenvalue weighted by atomic mass is 32.1. The van der Waals surface area contributed by atoms with Crippen molar-refractivity contribution < 1.29 is 9.84 Å². The quantitative estimate of drug-likeness (QED) is 0.809. The van der Waals surface area contributed by atoms with Crippen LogP contribution >= 0.6 is 11.3 Å². The Labute approximate surface area is 83.2 Å². The van der Waals surface area contributed by atoms with E-state index in [9.17, 15) is 5.11 Å². The van der Waals surface area contributed by atoms with E-state index in [1.807, 2.05) is 25.3 Å². The number of ether oxygens (including phenoxy) is 1. The lowest BCUT2D eigenvalue weighted by atomic mass is 10.0. The van der Waals surface area contributed by atoms with Crippen LogP contribution in [0.2, 0.25) is 0 Å². The number of aliphatic hydroxyl groups excluding tert-OH is 1. The Kier molecular flexibility index (Phi) is 3.90. The molecular weight excluding hydrogens is 184 g/mol. The van der Waals surface area contributed by atoms with Gasteiger partial charge < -0.3 is 9.84 Å². The fraction of sp³-hybridized carbons (Fsp3) is 0.600. The minimum atomic E-state index is -0.485. The summed E-state index contributed by atoms with van der Waals surface area (Å²) in [7, 11) is 1.64. The van der Waals surface area contributed by atoms with Gasteiger partial charge in [0.25, 0.3) is 0 Å². The molecular formula is C10H16O2S. The number of methoxy groups -OCH3 is 1. The van der Waals surface area contributed by atoms with E-state index in [2.05, 4.69) is 0 Å². The average molecular weight is 200 g/mol. The highest BCUT2D eigenvalue weighted by molar-refractivity contribution is 7.10. The maximum absolute atomic E-state index is 9.93. The maximum atomic E-state index is 9.93. The number of aryl methyl sites for hydroxylation is 1. The molecule has 1 aromatic heterocycles. The van der Waals surface area contributed by atoms with E-state index in [-0.39, 0.29) is 6.10 Å². The first kappa shape index (κ1) is 10.7. The van der Waals surface area contributed by atoms with Crippen LogP contribution < -0.4 is 0 Å². The van der Waals surface area contributed by atoms with Gasteiger partial charge in [-0.1, -0.05) is 6.92 Å². The van der Waals surface area contributed by atoms with Crippen LogP contribution in [0.5, 0.6) is 0 Å². The molecule has 74 valence electrons. The standard InChI is InChI=1S/C10H16O2S/c1-4-9(12-3)10(11)8-5-6-13-7(8)2/h5-6,9-11H,4H2,1-3H3. The van der Waals surface area contributed by atoms with E-state index in [4.69, 9.17) is 4.74 Å². The molecule has 1 rings (SSSR count). The van der Waals surface area contributed by atoms with Gasteiger partial charge >= 0.3 is 0 Å². The minimum absolute atomic E-state index is 0.0895. The molecule has 0 aliphatic carbocycles. The summed E-state index contributed by atoms with van der Waals surface area (Å²) in [5, 5.41) is 11.9. The summed E-state index contributed by atoms with van der Waals surface area (Å²) < 4.78 is 5.19. The van der Waals surface area contributed by atoms with Crippen molar-refractivity contribution in [3.8, 4) is 0 Å². The first-order valence-electron chi connectivity index (χ1n) is 4.45. The number of hydrogen-bond acceptors (Lipinski definition) is 3. The van der Waals surface area contributed by atoms with E-state index in [0.29, 0.717) is 0 Å². The van der Waals surface area contributed by atoms with Crippen molar-refractivity contribution in [1.82, 2.24) is 0 Å². The molecule has 2 nitrogen and oxygen atoms in total. The maximum Gasteiger partial charge on any atom is 0.106 e. The Bertz CT molecular complexity index is 253. The molecule has 0 saturated heterocycles. The summed E-state index contributed by atoms with van der Waals surface area (Å²) in [6, 6.07) is 1.96. The normalized spacial score (nSPS) is 15.7. The highest BCUT2D eigenvalue weighted by Crippen LogP contribution is 2.27. The molecule has 0 aromatic carbocycles. The Morgan fingerprint density at radius 3 is 2.69 bits per heavy atom. The van der Waals surface area contributed by atoms with Gasteiger partial charge in [-0.25, -0.2) is 0 Å². The van der Waals surface area contributed by atoms with Crippen molar-refractivity contribution >= 4 is 11.3 Å². The molecule has 0 bridgehead atoms. The monoisotopic (exact) mass is 200 g/mol. The third-order valence-electron chi connectivity index (χ3n) is 2.27. The first-order chi connectivity index (χ1) is 6.20. The summed E-state index contributed by atoms with van der Waals surface area (Å²) in [6.45, 7) is 4.03. The summed E-state index contributed by atoms with van der Waals surface area (Å²) in [5.41, 5.74) is 0.999. The Morgan fingerprint density at radius 1 is 1.62 bits per heavy atom. The van der Waals surface area contributed by atoms with Crippen LogP contribution in [0.15, 0.2) is 11.4 Å². The molecule has 2 atom stereocenters. The lowest BCUT2D eigenvalue weighted by molar-refractivity contribution is -0.0149. The van der Waals surface area contributed by atoms with Crippen molar-refractivity contribution in [3.05, 3.63) is 21.9 Å². The third-order valence-corrected chi connectivity index (χ3v) is 3.14. The molecule has 1 N–H and O–H groups in total. The van der Waals surface area contributed by atoms with Crippen molar-refractivity contribution in [3.63, 3.8) is 0 Å². The molecule has 0 spiro atoms. The van der Waals surface area contributed by atoms with Crippen molar-refractivity contribution in [1.29, 1.82) is 0 Å². The van der Waals surface area contributed by atoms with Crippen LogP contribution in [-0.2, 0) is 4.74 Å². The van der Waals surface area contributed by atoms with Crippen molar-refractivity contribution in [2.24, 2.45) is 0 Å². The summed E-state index contributed by atoms with van der Waals surface area (Å²) in [6.07, 6.45) is 0.252. The van der Waals surface area contributed by atoms with Crippen LogP contribution in [0.25, 0.3) is 0 Å². The van der Waals surface area contributed by atoms with Gasteiger partial charge in [-0.2, -0.15) is 0 Å². The van der Waals surface area contributed by atoms with E-state index < -0.39 is 6.10 Å². The summed E-state index contributed by atoms with van der Waals surface area (Å²) in [4.78, 5) is 1.17. The molecule has 1 heterocycles. The van der Waals surface area contributed by atoms with Crippen LogP contribution in [0.4, 0.5) is 0 Å². The zero-order chi connectivity index (χ0) is 9.84. The summed E-state index contributed by atoms with van der Waals surface area (Å²) >= 11 is 1.66. The second kappa shape index (κ2) is 4.74. The molecule has 1 aromatic rings. The fourth-order valence-electron chi connectivity index (χ4n) is 1.42. The highest BCUT2D eigenvalue weighted by Gasteiger charge is 2.20.